The third-order valence-electron chi connectivity index (χ3n) is 4.07. The predicted octanol–water partition coefficient (Wildman–Crippen LogP) is 2.90. The summed E-state index contributed by atoms with van der Waals surface area (Å²) in [4.78, 5) is 4.70. The van der Waals surface area contributed by atoms with Gasteiger partial charge in [0.1, 0.15) is 5.82 Å². The molecular formula is C15H20N2O. The average Bonchev–Trinajstić information content (AvgIpc) is 2.92. The van der Waals surface area contributed by atoms with Crippen molar-refractivity contribution in [1.29, 1.82) is 0 Å². The van der Waals surface area contributed by atoms with Crippen LogP contribution in [0.5, 0.6) is 0 Å². The second-order valence-corrected chi connectivity index (χ2v) is 5.37. The van der Waals surface area contributed by atoms with Crippen LogP contribution in [0.3, 0.4) is 0 Å². The standard InChI is InChI=1S/C15H20N2O/c1-2-17-13-8-4-3-7-12(13)16-14(17)11-15(18)9-5-6-10-15/h3-4,7-8,18H,2,5-6,9-11H2,1H3. The maximum atomic E-state index is 10.5. The lowest BCUT2D eigenvalue weighted by atomic mass is 9.98. The number of aromatic nitrogens is 2. The van der Waals surface area contributed by atoms with Crippen molar-refractivity contribution in [2.75, 3.05) is 0 Å². The fraction of sp³-hybridized carbons (Fsp3) is 0.533. The van der Waals surface area contributed by atoms with Crippen molar-refractivity contribution in [1.82, 2.24) is 9.55 Å². The first-order valence-corrected chi connectivity index (χ1v) is 6.88. The van der Waals surface area contributed by atoms with Crippen LogP contribution in [0.2, 0.25) is 0 Å². The molecule has 1 aliphatic carbocycles. The number of hydrogen-bond acceptors (Lipinski definition) is 2. The van der Waals surface area contributed by atoms with Gasteiger partial charge in [-0.05, 0) is 31.9 Å². The number of imidazole rings is 1. The van der Waals surface area contributed by atoms with Gasteiger partial charge in [0, 0.05) is 13.0 Å². The normalized spacial score (nSPS) is 18.6. The molecule has 0 bridgehead atoms. The number of aliphatic hydroxyl groups is 1. The van der Waals surface area contributed by atoms with Gasteiger partial charge in [-0.25, -0.2) is 4.98 Å². The lowest BCUT2D eigenvalue weighted by molar-refractivity contribution is 0.0455. The van der Waals surface area contributed by atoms with Crippen LogP contribution < -0.4 is 0 Å². The van der Waals surface area contributed by atoms with E-state index in [9.17, 15) is 5.11 Å². The molecule has 1 aromatic heterocycles. The highest BCUT2D eigenvalue weighted by molar-refractivity contribution is 5.75. The van der Waals surface area contributed by atoms with Gasteiger partial charge >= 0.3 is 0 Å². The third-order valence-corrected chi connectivity index (χ3v) is 4.07. The average molecular weight is 244 g/mol. The van der Waals surface area contributed by atoms with Crippen LogP contribution in [-0.4, -0.2) is 20.3 Å². The molecule has 2 aromatic rings. The van der Waals surface area contributed by atoms with E-state index < -0.39 is 5.60 Å². The Bertz CT molecular complexity index is 553. The van der Waals surface area contributed by atoms with E-state index >= 15 is 0 Å². The highest BCUT2D eigenvalue weighted by Gasteiger charge is 2.32. The zero-order valence-electron chi connectivity index (χ0n) is 10.9. The van der Waals surface area contributed by atoms with Gasteiger partial charge in [0.05, 0.1) is 16.6 Å². The fourth-order valence-electron chi connectivity index (χ4n) is 3.12. The fourth-order valence-corrected chi connectivity index (χ4v) is 3.12. The molecule has 0 atom stereocenters. The van der Waals surface area contributed by atoms with Gasteiger partial charge < -0.3 is 9.67 Å². The van der Waals surface area contributed by atoms with Crippen molar-refractivity contribution in [3.05, 3.63) is 30.1 Å². The first kappa shape index (κ1) is 11.7. The summed E-state index contributed by atoms with van der Waals surface area (Å²) in [5.41, 5.74) is 1.70. The highest BCUT2D eigenvalue weighted by Crippen LogP contribution is 2.33. The summed E-state index contributed by atoms with van der Waals surface area (Å²) < 4.78 is 2.23. The van der Waals surface area contributed by atoms with Gasteiger partial charge in [0.2, 0.25) is 0 Å². The monoisotopic (exact) mass is 244 g/mol. The summed E-state index contributed by atoms with van der Waals surface area (Å²) >= 11 is 0. The number of fused-ring (bicyclic) bond motifs is 1. The minimum Gasteiger partial charge on any atom is -0.389 e. The molecule has 18 heavy (non-hydrogen) atoms. The van der Waals surface area contributed by atoms with Crippen molar-refractivity contribution in [2.45, 2.75) is 51.2 Å². The van der Waals surface area contributed by atoms with Crippen LogP contribution in [0.1, 0.15) is 38.4 Å². The van der Waals surface area contributed by atoms with E-state index in [0.29, 0.717) is 6.42 Å². The quantitative estimate of drug-likeness (QED) is 0.901. The van der Waals surface area contributed by atoms with Gasteiger partial charge in [0.15, 0.2) is 0 Å². The summed E-state index contributed by atoms with van der Waals surface area (Å²) in [5, 5.41) is 10.5. The smallest absolute Gasteiger partial charge is 0.112 e. The molecule has 1 aliphatic rings. The second kappa shape index (κ2) is 4.39. The molecule has 0 aliphatic heterocycles. The number of hydrogen-bond donors (Lipinski definition) is 1. The zero-order valence-corrected chi connectivity index (χ0v) is 10.9. The minimum absolute atomic E-state index is 0.520. The molecule has 0 spiro atoms. The largest absolute Gasteiger partial charge is 0.389 e. The second-order valence-electron chi connectivity index (χ2n) is 5.37. The molecule has 1 N–H and O–H groups in total. The molecule has 0 saturated heterocycles. The Morgan fingerprint density at radius 2 is 2.00 bits per heavy atom. The van der Waals surface area contributed by atoms with Crippen molar-refractivity contribution < 1.29 is 5.11 Å². The molecule has 3 nitrogen and oxygen atoms in total. The Balaban J connectivity index is 2.00. The lowest BCUT2D eigenvalue weighted by Gasteiger charge is -2.21. The summed E-state index contributed by atoms with van der Waals surface area (Å²) in [7, 11) is 0. The lowest BCUT2D eigenvalue weighted by Crippen LogP contribution is -2.28. The Morgan fingerprint density at radius 1 is 1.28 bits per heavy atom. The van der Waals surface area contributed by atoms with E-state index in [1.165, 1.54) is 5.52 Å². The van der Waals surface area contributed by atoms with Gasteiger partial charge in [-0.15, -0.1) is 0 Å². The molecule has 0 amide bonds. The number of benzene rings is 1. The van der Waals surface area contributed by atoms with E-state index in [1.807, 2.05) is 18.2 Å². The van der Waals surface area contributed by atoms with Crippen LogP contribution in [-0.2, 0) is 13.0 Å². The van der Waals surface area contributed by atoms with Crippen LogP contribution >= 0.6 is 0 Å². The van der Waals surface area contributed by atoms with Gasteiger partial charge in [-0.2, -0.15) is 0 Å². The zero-order chi connectivity index (χ0) is 12.6. The topological polar surface area (TPSA) is 38.0 Å². The molecule has 1 heterocycles. The van der Waals surface area contributed by atoms with Crippen LogP contribution in [0.15, 0.2) is 24.3 Å². The first-order valence-electron chi connectivity index (χ1n) is 6.88. The third kappa shape index (κ3) is 1.93. The predicted molar refractivity (Wildman–Crippen MR) is 72.5 cm³/mol. The van der Waals surface area contributed by atoms with E-state index in [2.05, 4.69) is 17.6 Å². The van der Waals surface area contributed by atoms with E-state index in [0.717, 1.165) is 43.6 Å². The van der Waals surface area contributed by atoms with E-state index in [-0.39, 0.29) is 0 Å². The van der Waals surface area contributed by atoms with E-state index in [4.69, 9.17) is 4.98 Å². The summed E-state index contributed by atoms with van der Waals surface area (Å²) in [6.07, 6.45) is 4.81. The molecule has 3 heteroatoms. The summed E-state index contributed by atoms with van der Waals surface area (Å²) in [5.74, 6) is 1.03. The van der Waals surface area contributed by atoms with Gasteiger partial charge in [-0.1, -0.05) is 25.0 Å². The van der Waals surface area contributed by atoms with Gasteiger partial charge in [-0.3, -0.25) is 0 Å². The Hall–Kier alpha value is -1.35. The van der Waals surface area contributed by atoms with Crippen LogP contribution in [0, 0.1) is 0 Å². The molecule has 96 valence electrons. The summed E-state index contributed by atoms with van der Waals surface area (Å²) in [6.45, 7) is 3.04. The Morgan fingerprint density at radius 3 is 2.72 bits per heavy atom. The number of aryl methyl sites for hydroxylation is 1. The molecule has 1 fully saturated rings. The van der Waals surface area contributed by atoms with Crippen molar-refractivity contribution in [3.63, 3.8) is 0 Å². The SMILES string of the molecule is CCn1c(CC2(O)CCCC2)nc2ccccc21. The van der Waals surface area contributed by atoms with Gasteiger partial charge in [0.25, 0.3) is 0 Å². The van der Waals surface area contributed by atoms with Crippen molar-refractivity contribution >= 4 is 11.0 Å². The minimum atomic E-state index is -0.520. The number of para-hydroxylation sites is 2. The maximum absolute atomic E-state index is 10.5. The molecular weight excluding hydrogens is 224 g/mol. The van der Waals surface area contributed by atoms with Crippen LogP contribution in [0.25, 0.3) is 11.0 Å². The first-order chi connectivity index (χ1) is 8.72. The molecule has 0 radical (unpaired) electrons. The summed E-state index contributed by atoms with van der Waals surface area (Å²) in [6, 6.07) is 8.21. The molecule has 1 saturated carbocycles. The molecule has 3 rings (SSSR count). The Labute approximate surface area is 107 Å². The number of rotatable bonds is 3. The van der Waals surface area contributed by atoms with Crippen LogP contribution in [0.4, 0.5) is 0 Å². The maximum Gasteiger partial charge on any atom is 0.112 e. The van der Waals surface area contributed by atoms with Crippen molar-refractivity contribution in [2.24, 2.45) is 0 Å². The molecule has 1 aromatic carbocycles. The number of nitrogens with zero attached hydrogens (tertiary/aromatic N) is 2. The van der Waals surface area contributed by atoms with Crippen molar-refractivity contribution in [3.8, 4) is 0 Å². The highest BCUT2D eigenvalue weighted by atomic mass is 16.3. The molecule has 0 unspecified atom stereocenters. The Kier molecular flexibility index (Phi) is 2.86. The van der Waals surface area contributed by atoms with E-state index in [1.54, 1.807) is 0 Å².